The molecule has 0 aliphatic carbocycles. The molecule has 0 aliphatic heterocycles. The minimum absolute atomic E-state index is 0.00649. The molecule has 3 aromatic carbocycles. The van der Waals surface area contributed by atoms with Crippen LogP contribution in [0.1, 0.15) is 48.1 Å². The normalized spacial score (nSPS) is 13.2. The quantitative estimate of drug-likeness (QED) is 0.470. The fourth-order valence-electron chi connectivity index (χ4n) is 3.47. The van der Waals surface area contributed by atoms with Gasteiger partial charge in [-0.05, 0) is 60.6 Å². The molecule has 0 aromatic heterocycles. The van der Waals surface area contributed by atoms with E-state index in [4.69, 9.17) is 4.74 Å². The first-order chi connectivity index (χ1) is 12.9. The summed E-state index contributed by atoms with van der Waals surface area (Å²) < 4.78 is 6.38. The van der Waals surface area contributed by atoms with Gasteiger partial charge in [-0.1, -0.05) is 67.0 Å². The van der Waals surface area contributed by atoms with E-state index in [1.807, 2.05) is 24.3 Å². The van der Waals surface area contributed by atoms with E-state index in [1.165, 1.54) is 27.7 Å². The Morgan fingerprint density at radius 3 is 2.44 bits per heavy atom. The van der Waals surface area contributed by atoms with E-state index >= 15 is 0 Å². The monoisotopic (exact) mass is 374 g/mol. The minimum Gasteiger partial charge on any atom is -0.486 e. The molecule has 0 fully saturated rings. The highest BCUT2D eigenvalue weighted by Crippen LogP contribution is 2.34. The largest absolute Gasteiger partial charge is 0.486 e. The average Bonchev–Trinajstić information content (AvgIpc) is 2.65. The molecule has 1 unspecified atom stereocenters. The van der Waals surface area contributed by atoms with Crippen LogP contribution in [0.4, 0.5) is 0 Å². The van der Waals surface area contributed by atoms with Crippen LogP contribution in [0.25, 0.3) is 0 Å². The van der Waals surface area contributed by atoms with Crippen LogP contribution in [0.15, 0.2) is 71.6 Å². The van der Waals surface area contributed by atoms with Crippen molar-refractivity contribution >= 4 is 25.9 Å². The highest BCUT2D eigenvalue weighted by atomic mass is 32.1. The van der Waals surface area contributed by atoms with Gasteiger partial charge in [0.25, 0.3) is 0 Å². The van der Waals surface area contributed by atoms with Crippen molar-refractivity contribution in [3.63, 3.8) is 0 Å². The summed E-state index contributed by atoms with van der Waals surface area (Å²) in [5, 5.41) is 0. The van der Waals surface area contributed by atoms with Crippen molar-refractivity contribution in [2.75, 3.05) is 0 Å². The SMILES string of the molecule is Bc1ccc(C)c(C[C@@H](C)c2ccc(S)cc2OC(C)c2ccccc2)c1. The number of hydrogen-bond acceptors (Lipinski definition) is 2. The molecule has 0 N–H and O–H groups in total. The molecule has 0 saturated carbocycles. The maximum Gasteiger partial charge on any atom is 0.139 e. The summed E-state index contributed by atoms with van der Waals surface area (Å²) in [6.45, 7) is 6.56. The fraction of sp³-hybridized carbons (Fsp3) is 0.250. The Balaban J connectivity index is 1.86. The van der Waals surface area contributed by atoms with Crippen molar-refractivity contribution < 1.29 is 4.74 Å². The third kappa shape index (κ3) is 4.98. The molecular formula is C24H27BOS. The predicted molar refractivity (Wildman–Crippen MR) is 121 cm³/mol. The second kappa shape index (κ2) is 8.71. The highest BCUT2D eigenvalue weighted by Gasteiger charge is 2.16. The van der Waals surface area contributed by atoms with Crippen molar-refractivity contribution in [2.24, 2.45) is 0 Å². The molecule has 2 atom stereocenters. The van der Waals surface area contributed by atoms with Crippen LogP contribution in [0.5, 0.6) is 5.75 Å². The molecule has 0 amide bonds. The predicted octanol–water partition coefficient (Wildman–Crippen LogP) is 5.03. The Labute approximate surface area is 169 Å². The number of ether oxygens (including phenoxy) is 1. The summed E-state index contributed by atoms with van der Waals surface area (Å²) in [7, 11) is 2.15. The van der Waals surface area contributed by atoms with Crippen LogP contribution in [-0.2, 0) is 6.42 Å². The van der Waals surface area contributed by atoms with Gasteiger partial charge in [0, 0.05) is 4.90 Å². The second-order valence-electron chi connectivity index (χ2n) is 7.43. The molecule has 1 nitrogen and oxygen atoms in total. The van der Waals surface area contributed by atoms with Gasteiger partial charge in [0.2, 0.25) is 0 Å². The first-order valence-electron chi connectivity index (χ1n) is 9.54. The van der Waals surface area contributed by atoms with Gasteiger partial charge < -0.3 is 4.74 Å². The van der Waals surface area contributed by atoms with Crippen LogP contribution in [-0.4, -0.2) is 7.85 Å². The van der Waals surface area contributed by atoms with Crippen LogP contribution < -0.4 is 10.2 Å². The van der Waals surface area contributed by atoms with Gasteiger partial charge in [0.05, 0.1) is 0 Å². The number of hydrogen-bond donors (Lipinski definition) is 1. The number of benzene rings is 3. The van der Waals surface area contributed by atoms with Crippen molar-refractivity contribution in [1.82, 2.24) is 0 Å². The molecule has 138 valence electrons. The Morgan fingerprint density at radius 2 is 1.70 bits per heavy atom. The van der Waals surface area contributed by atoms with E-state index in [-0.39, 0.29) is 6.10 Å². The first-order valence-corrected chi connectivity index (χ1v) is 9.99. The summed E-state index contributed by atoms with van der Waals surface area (Å²) in [5.41, 5.74) is 6.47. The lowest BCUT2D eigenvalue weighted by Crippen LogP contribution is -2.10. The van der Waals surface area contributed by atoms with Crippen molar-refractivity contribution in [1.29, 1.82) is 0 Å². The number of thiol groups is 1. The van der Waals surface area contributed by atoms with Crippen molar-refractivity contribution in [2.45, 2.75) is 44.1 Å². The van der Waals surface area contributed by atoms with Crippen LogP contribution >= 0.6 is 12.6 Å². The van der Waals surface area contributed by atoms with Crippen LogP contribution in [0, 0.1) is 6.92 Å². The Hall–Kier alpha value is -2.13. The minimum atomic E-state index is -0.00649. The Morgan fingerprint density at radius 1 is 0.963 bits per heavy atom. The third-order valence-corrected chi connectivity index (χ3v) is 5.41. The summed E-state index contributed by atoms with van der Waals surface area (Å²) in [4.78, 5) is 0.924. The zero-order valence-corrected chi connectivity index (χ0v) is 17.5. The lowest BCUT2D eigenvalue weighted by Gasteiger charge is -2.22. The lowest BCUT2D eigenvalue weighted by atomic mass is 9.87. The van der Waals surface area contributed by atoms with E-state index in [2.05, 4.69) is 83.7 Å². The van der Waals surface area contributed by atoms with Gasteiger partial charge in [-0.2, -0.15) is 0 Å². The maximum absolute atomic E-state index is 6.38. The molecule has 0 spiro atoms. The topological polar surface area (TPSA) is 9.23 Å². The van der Waals surface area contributed by atoms with E-state index in [9.17, 15) is 0 Å². The molecule has 3 heteroatoms. The molecule has 27 heavy (non-hydrogen) atoms. The molecule has 0 radical (unpaired) electrons. The van der Waals surface area contributed by atoms with Gasteiger partial charge >= 0.3 is 0 Å². The van der Waals surface area contributed by atoms with Gasteiger partial charge in [-0.25, -0.2) is 0 Å². The van der Waals surface area contributed by atoms with Crippen molar-refractivity contribution in [3.05, 3.63) is 89.0 Å². The van der Waals surface area contributed by atoms with Gasteiger partial charge in [-0.15, -0.1) is 12.6 Å². The molecule has 0 saturated heterocycles. The van der Waals surface area contributed by atoms with E-state index in [0.29, 0.717) is 5.92 Å². The van der Waals surface area contributed by atoms with E-state index in [0.717, 1.165) is 17.1 Å². The molecule has 0 heterocycles. The zero-order valence-electron chi connectivity index (χ0n) is 16.6. The fourth-order valence-corrected chi connectivity index (χ4v) is 3.67. The average molecular weight is 374 g/mol. The molecule has 3 aromatic rings. The smallest absolute Gasteiger partial charge is 0.139 e. The van der Waals surface area contributed by atoms with E-state index < -0.39 is 0 Å². The van der Waals surface area contributed by atoms with E-state index in [1.54, 1.807) is 0 Å². The third-order valence-electron chi connectivity index (χ3n) is 5.13. The van der Waals surface area contributed by atoms with Crippen LogP contribution in [0.2, 0.25) is 0 Å². The molecule has 0 bridgehead atoms. The maximum atomic E-state index is 6.38. The Bertz CT molecular complexity index is 908. The summed E-state index contributed by atoms with van der Waals surface area (Å²) >= 11 is 4.53. The zero-order chi connectivity index (χ0) is 19.4. The van der Waals surface area contributed by atoms with Crippen molar-refractivity contribution in [3.8, 4) is 5.75 Å². The van der Waals surface area contributed by atoms with Gasteiger partial charge in [0.1, 0.15) is 19.7 Å². The molecular weight excluding hydrogens is 347 g/mol. The standard InChI is InChI=1S/C24H27BOS/c1-16-9-10-21(25)14-20(16)13-17(2)23-12-11-22(27)15-24(23)26-18(3)19-7-5-4-6-8-19/h4-12,14-15,17-18,27H,13,25H2,1-3H3/t17-,18?/m1/s1. The Kier molecular flexibility index (Phi) is 6.33. The number of rotatable bonds is 6. The highest BCUT2D eigenvalue weighted by molar-refractivity contribution is 7.80. The summed E-state index contributed by atoms with van der Waals surface area (Å²) in [5.74, 6) is 1.29. The second-order valence-corrected chi connectivity index (χ2v) is 7.94. The summed E-state index contributed by atoms with van der Waals surface area (Å²) in [6, 6.07) is 23.3. The molecule has 3 rings (SSSR count). The number of aryl methyl sites for hydroxylation is 1. The van der Waals surface area contributed by atoms with Gasteiger partial charge in [-0.3, -0.25) is 0 Å². The molecule has 0 aliphatic rings. The van der Waals surface area contributed by atoms with Gasteiger partial charge in [0.15, 0.2) is 0 Å². The summed E-state index contributed by atoms with van der Waals surface area (Å²) in [6.07, 6.45) is 0.989. The van der Waals surface area contributed by atoms with Crippen LogP contribution in [0.3, 0.4) is 0 Å². The first kappa shape index (κ1) is 19.6. The lowest BCUT2D eigenvalue weighted by molar-refractivity contribution is 0.223.